The zero-order chi connectivity index (χ0) is 11.7. The van der Waals surface area contributed by atoms with Crippen LogP contribution < -0.4 is 5.32 Å². The molecule has 0 spiro atoms. The summed E-state index contributed by atoms with van der Waals surface area (Å²) in [4.78, 5) is 0. The van der Waals surface area contributed by atoms with E-state index in [0.29, 0.717) is 12.0 Å². The molecule has 2 nitrogen and oxygen atoms in total. The van der Waals surface area contributed by atoms with Crippen LogP contribution in [0.5, 0.6) is 0 Å². The zero-order valence-corrected chi connectivity index (χ0v) is 10.8. The van der Waals surface area contributed by atoms with Gasteiger partial charge in [0.2, 0.25) is 0 Å². The minimum atomic E-state index is 0.248. The second-order valence-electron chi connectivity index (χ2n) is 4.14. The minimum Gasteiger partial charge on any atom is -0.380 e. The first-order chi connectivity index (χ1) is 7.17. The SMILES string of the molecule is CC#CCC(NCCC)C(OC)C(C)C. The summed E-state index contributed by atoms with van der Waals surface area (Å²) in [7, 11) is 1.78. The van der Waals surface area contributed by atoms with E-state index in [0.717, 1.165) is 19.4 Å². The Balaban J connectivity index is 4.33. The Morgan fingerprint density at radius 3 is 2.40 bits per heavy atom. The summed E-state index contributed by atoms with van der Waals surface area (Å²) in [5.41, 5.74) is 0. The van der Waals surface area contributed by atoms with Crippen LogP contribution in [0.4, 0.5) is 0 Å². The van der Waals surface area contributed by atoms with E-state index in [1.807, 2.05) is 6.92 Å². The zero-order valence-electron chi connectivity index (χ0n) is 10.8. The molecule has 0 rings (SSSR count). The molecule has 88 valence electrons. The van der Waals surface area contributed by atoms with Gasteiger partial charge in [0.15, 0.2) is 0 Å². The van der Waals surface area contributed by atoms with Gasteiger partial charge in [-0.2, -0.15) is 0 Å². The molecule has 2 heteroatoms. The summed E-state index contributed by atoms with van der Waals surface area (Å²) in [6.07, 6.45) is 2.26. The van der Waals surface area contributed by atoms with Crippen molar-refractivity contribution in [3.05, 3.63) is 0 Å². The standard InChI is InChI=1S/C13H25NO/c1-6-8-9-12(14-10-7-2)13(15-5)11(3)4/h11-14H,7,9-10H2,1-5H3. The lowest BCUT2D eigenvalue weighted by molar-refractivity contribution is 0.0346. The van der Waals surface area contributed by atoms with Crippen LogP contribution in [0, 0.1) is 17.8 Å². The van der Waals surface area contributed by atoms with Gasteiger partial charge in [-0.1, -0.05) is 20.8 Å². The normalized spacial score (nSPS) is 14.5. The monoisotopic (exact) mass is 211 g/mol. The highest BCUT2D eigenvalue weighted by molar-refractivity contribution is 5.00. The van der Waals surface area contributed by atoms with Crippen molar-refractivity contribution >= 4 is 0 Å². The van der Waals surface area contributed by atoms with Crippen LogP contribution in [0.3, 0.4) is 0 Å². The third-order valence-electron chi connectivity index (χ3n) is 2.48. The Labute approximate surface area is 94.8 Å². The molecule has 0 amide bonds. The van der Waals surface area contributed by atoms with Gasteiger partial charge in [0.25, 0.3) is 0 Å². The highest BCUT2D eigenvalue weighted by Crippen LogP contribution is 2.12. The fraction of sp³-hybridized carbons (Fsp3) is 0.846. The maximum atomic E-state index is 5.54. The van der Waals surface area contributed by atoms with E-state index in [1.165, 1.54) is 0 Å². The smallest absolute Gasteiger partial charge is 0.0756 e. The summed E-state index contributed by atoms with van der Waals surface area (Å²) in [5, 5.41) is 3.51. The van der Waals surface area contributed by atoms with Crippen molar-refractivity contribution in [2.75, 3.05) is 13.7 Å². The predicted octanol–water partition coefficient (Wildman–Crippen LogP) is 2.44. The van der Waals surface area contributed by atoms with Gasteiger partial charge in [-0.05, 0) is 25.8 Å². The maximum Gasteiger partial charge on any atom is 0.0756 e. The third-order valence-corrected chi connectivity index (χ3v) is 2.48. The number of nitrogens with one attached hydrogen (secondary N) is 1. The van der Waals surface area contributed by atoms with Gasteiger partial charge in [-0.3, -0.25) is 0 Å². The predicted molar refractivity (Wildman–Crippen MR) is 65.8 cm³/mol. The highest BCUT2D eigenvalue weighted by atomic mass is 16.5. The third kappa shape index (κ3) is 5.81. The van der Waals surface area contributed by atoms with Crippen LogP contribution in [-0.4, -0.2) is 25.8 Å². The van der Waals surface area contributed by atoms with Crippen molar-refractivity contribution in [1.29, 1.82) is 0 Å². The molecular weight excluding hydrogens is 186 g/mol. The number of methoxy groups -OCH3 is 1. The Morgan fingerprint density at radius 1 is 1.33 bits per heavy atom. The van der Waals surface area contributed by atoms with Crippen LogP contribution >= 0.6 is 0 Å². The van der Waals surface area contributed by atoms with Crippen molar-refractivity contribution in [1.82, 2.24) is 5.32 Å². The van der Waals surface area contributed by atoms with Crippen LogP contribution in [0.15, 0.2) is 0 Å². The molecule has 0 aliphatic heterocycles. The molecule has 1 N–H and O–H groups in total. The quantitative estimate of drug-likeness (QED) is 0.653. The van der Waals surface area contributed by atoms with E-state index in [-0.39, 0.29) is 6.10 Å². The molecule has 15 heavy (non-hydrogen) atoms. The average Bonchev–Trinajstić information content (AvgIpc) is 2.21. The second-order valence-corrected chi connectivity index (χ2v) is 4.14. The summed E-state index contributed by atoms with van der Waals surface area (Å²) in [5.74, 6) is 6.60. The first kappa shape index (κ1) is 14.5. The molecule has 0 bridgehead atoms. The highest BCUT2D eigenvalue weighted by Gasteiger charge is 2.22. The Morgan fingerprint density at radius 2 is 2.00 bits per heavy atom. The van der Waals surface area contributed by atoms with Crippen LogP contribution in [-0.2, 0) is 4.74 Å². The molecule has 0 aromatic heterocycles. The lowest BCUT2D eigenvalue weighted by atomic mass is 9.97. The van der Waals surface area contributed by atoms with Crippen LogP contribution in [0.1, 0.15) is 40.5 Å². The molecule has 0 fully saturated rings. The largest absolute Gasteiger partial charge is 0.380 e. The molecular formula is C13H25NO. The van der Waals surface area contributed by atoms with Crippen LogP contribution in [0.2, 0.25) is 0 Å². The van der Waals surface area contributed by atoms with E-state index in [2.05, 4.69) is 37.9 Å². The average molecular weight is 211 g/mol. The van der Waals surface area contributed by atoms with Gasteiger partial charge in [0.1, 0.15) is 0 Å². The molecule has 0 aliphatic rings. The summed E-state index contributed by atoms with van der Waals surface area (Å²) in [6, 6.07) is 0.349. The van der Waals surface area contributed by atoms with E-state index >= 15 is 0 Å². The van der Waals surface area contributed by atoms with Crippen molar-refractivity contribution in [2.45, 2.75) is 52.7 Å². The molecule has 0 radical (unpaired) electrons. The fourth-order valence-corrected chi connectivity index (χ4v) is 1.75. The maximum absolute atomic E-state index is 5.54. The summed E-state index contributed by atoms with van der Waals surface area (Å²) in [6.45, 7) is 9.46. The Bertz CT molecular complexity index is 202. The van der Waals surface area contributed by atoms with Gasteiger partial charge < -0.3 is 10.1 Å². The minimum absolute atomic E-state index is 0.248. The fourth-order valence-electron chi connectivity index (χ4n) is 1.75. The first-order valence-electron chi connectivity index (χ1n) is 5.83. The van der Waals surface area contributed by atoms with E-state index in [4.69, 9.17) is 4.74 Å². The van der Waals surface area contributed by atoms with Crippen molar-refractivity contribution in [2.24, 2.45) is 5.92 Å². The van der Waals surface area contributed by atoms with Crippen molar-refractivity contribution in [3.63, 3.8) is 0 Å². The van der Waals surface area contributed by atoms with Crippen molar-refractivity contribution < 1.29 is 4.74 Å². The number of hydrogen-bond donors (Lipinski definition) is 1. The molecule has 0 saturated carbocycles. The van der Waals surface area contributed by atoms with Crippen molar-refractivity contribution in [3.8, 4) is 11.8 Å². The molecule has 0 aromatic carbocycles. The summed E-state index contributed by atoms with van der Waals surface area (Å²) < 4.78 is 5.54. The molecule has 0 heterocycles. The topological polar surface area (TPSA) is 21.3 Å². The molecule has 0 saturated heterocycles. The number of hydrogen-bond acceptors (Lipinski definition) is 2. The second kappa shape index (κ2) is 8.76. The molecule has 2 atom stereocenters. The number of ether oxygens (including phenoxy) is 1. The lowest BCUT2D eigenvalue weighted by Crippen LogP contribution is -2.43. The molecule has 0 aromatic rings. The van der Waals surface area contributed by atoms with Gasteiger partial charge in [0.05, 0.1) is 6.10 Å². The first-order valence-corrected chi connectivity index (χ1v) is 5.83. The Hall–Kier alpha value is -0.520. The molecule has 2 unspecified atom stereocenters. The van der Waals surface area contributed by atoms with Crippen LogP contribution in [0.25, 0.3) is 0 Å². The lowest BCUT2D eigenvalue weighted by Gasteiger charge is -2.28. The van der Waals surface area contributed by atoms with E-state index < -0.39 is 0 Å². The van der Waals surface area contributed by atoms with Gasteiger partial charge in [-0.15, -0.1) is 11.8 Å². The van der Waals surface area contributed by atoms with Gasteiger partial charge in [0, 0.05) is 19.6 Å². The van der Waals surface area contributed by atoms with Gasteiger partial charge in [-0.25, -0.2) is 0 Å². The Kier molecular flexibility index (Phi) is 8.46. The summed E-state index contributed by atoms with van der Waals surface area (Å²) >= 11 is 0. The van der Waals surface area contributed by atoms with E-state index in [9.17, 15) is 0 Å². The van der Waals surface area contributed by atoms with E-state index in [1.54, 1.807) is 7.11 Å². The van der Waals surface area contributed by atoms with Gasteiger partial charge >= 0.3 is 0 Å². The molecule has 0 aliphatic carbocycles. The number of rotatable bonds is 7.